The Morgan fingerprint density at radius 1 is 1.67 bits per heavy atom. The summed E-state index contributed by atoms with van der Waals surface area (Å²) < 4.78 is 15.5. The first-order valence-corrected chi connectivity index (χ1v) is 5.67. The highest BCUT2D eigenvalue weighted by molar-refractivity contribution is 7.54. The van der Waals surface area contributed by atoms with Gasteiger partial charge in [-0.25, -0.2) is 0 Å². The van der Waals surface area contributed by atoms with Crippen molar-refractivity contribution in [1.82, 2.24) is 0 Å². The quantitative estimate of drug-likeness (QED) is 0.543. The lowest BCUT2D eigenvalue weighted by Crippen LogP contribution is -2.20. The molecule has 0 aliphatic rings. The van der Waals surface area contributed by atoms with Crippen LogP contribution >= 0.6 is 19.2 Å². The molecular weight excluding hydrogens is 202 g/mol. The molecule has 0 saturated heterocycles. The lowest BCUT2D eigenvalue weighted by Gasteiger charge is -2.29. The van der Waals surface area contributed by atoms with E-state index in [1.54, 1.807) is 13.8 Å². The van der Waals surface area contributed by atoms with Gasteiger partial charge in [0, 0.05) is 0 Å². The molecule has 0 aromatic heterocycles. The Kier molecular flexibility index (Phi) is 5.37. The Hall–Kier alpha value is 0.400. The van der Waals surface area contributed by atoms with Crippen molar-refractivity contribution in [2.24, 2.45) is 5.92 Å². The molecule has 0 amide bonds. The normalized spacial score (nSPS) is 19.2. The Morgan fingerprint density at radius 2 is 2.17 bits per heavy atom. The van der Waals surface area contributed by atoms with Gasteiger partial charge in [0.2, 0.25) is 0 Å². The van der Waals surface area contributed by atoms with Gasteiger partial charge >= 0.3 is 0 Å². The Morgan fingerprint density at radius 3 is 2.50 bits per heavy atom. The fourth-order valence-corrected chi connectivity index (χ4v) is 1.98. The molecule has 0 spiro atoms. The van der Waals surface area contributed by atoms with Crippen molar-refractivity contribution < 1.29 is 19.1 Å². The first-order chi connectivity index (χ1) is 5.41. The second-order valence-corrected chi connectivity index (χ2v) is 5.38. The maximum Gasteiger partial charge on any atom is 0.153 e. The molecule has 12 heavy (non-hydrogen) atoms. The standard InChI is InChI=1S/C6H14ClO4P/c1-5(2)6(7)12(9,10)11-4-3-8/h5-6,8H,3-4H2,1-2H3,(H,9,10)/p-1. The summed E-state index contributed by atoms with van der Waals surface area (Å²) in [4.78, 5) is 11.1. The minimum absolute atomic E-state index is 0.200. The predicted molar refractivity (Wildman–Crippen MR) is 45.1 cm³/mol. The van der Waals surface area contributed by atoms with E-state index in [4.69, 9.17) is 16.7 Å². The van der Waals surface area contributed by atoms with Crippen molar-refractivity contribution in [2.45, 2.75) is 19.0 Å². The van der Waals surface area contributed by atoms with Crippen LogP contribution in [0.2, 0.25) is 0 Å². The average Bonchev–Trinajstić information content (AvgIpc) is 1.99. The summed E-state index contributed by atoms with van der Waals surface area (Å²) in [7, 11) is -4.00. The first-order valence-electron chi connectivity index (χ1n) is 3.62. The molecule has 0 fully saturated rings. The van der Waals surface area contributed by atoms with Gasteiger partial charge in [0.1, 0.15) is 0 Å². The summed E-state index contributed by atoms with van der Waals surface area (Å²) in [6.45, 7) is 2.82. The third-order valence-electron chi connectivity index (χ3n) is 1.21. The number of hydrogen-bond acceptors (Lipinski definition) is 4. The summed E-state index contributed by atoms with van der Waals surface area (Å²) >= 11 is 5.56. The lowest BCUT2D eigenvalue weighted by atomic mass is 10.3. The van der Waals surface area contributed by atoms with Crippen molar-refractivity contribution in [3.05, 3.63) is 0 Å². The van der Waals surface area contributed by atoms with Crippen LogP contribution in [-0.2, 0) is 9.09 Å². The van der Waals surface area contributed by atoms with Crippen LogP contribution in [-0.4, -0.2) is 23.4 Å². The minimum atomic E-state index is -4.00. The molecule has 74 valence electrons. The lowest BCUT2D eigenvalue weighted by molar-refractivity contribution is -0.200. The van der Waals surface area contributed by atoms with Crippen molar-refractivity contribution in [2.75, 3.05) is 13.2 Å². The van der Waals surface area contributed by atoms with Crippen LogP contribution in [0.3, 0.4) is 0 Å². The van der Waals surface area contributed by atoms with Crippen molar-refractivity contribution in [1.29, 1.82) is 0 Å². The molecule has 2 atom stereocenters. The summed E-state index contributed by atoms with van der Waals surface area (Å²) in [5.74, 6) is -0.200. The molecule has 0 aromatic carbocycles. The van der Waals surface area contributed by atoms with Gasteiger partial charge in [-0.3, -0.25) is 0 Å². The minimum Gasteiger partial charge on any atom is -0.777 e. The van der Waals surface area contributed by atoms with Crippen LogP contribution in [0.4, 0.5) is 0 Å². The zero-order valence-corrected chi connectivity index (χ0v) is 8.72. The molecule has 0 aliphatic heterocycles. The van der Waals surface area contributed by atoms with E-state index >= 15 is 0 Å². The van der Waals surface area contributed by atoms with Crippen LogP contribution in [0.25, 0.3) is 0 Å². The second-order valence-electron chi connectivity index (χ2n) is 2.71. The van der Waals surface area contributed by atoms with Crippen LogP contribution in [0.1, 0.15) is 13.8 Å². The highest BCUT2D eigenvalue weighted by Gasteiger charge is 2.23. The Labute approximate surface area is 77.0 Å². The third kappa shape index (κ3) is 3.87. The van der Waals surface area contributed by atoms with Gasteiger partial charge in [0.05, 0.1) is 18.3 Å². The summed E-state index contributed by atoms with van der Waals surface area (Å²) in [5, 5.41) is 7.30. The highest BCUT2D eigenvalue weighted by atomic mass is 35.5. The smallest absolute Gasteiger partial charge is 0.153 e. The van der Waals surface area contributed by atoms with E-state index in [9.17, 15) is 9.46 Å². The number of aliphatic hydroxyl groups is 1. The second kappa shape index (κ2) is 5.20. The summed E-state index contributed by atoms with van der Waals surface area (Å²) in [6, 6.07) is 0. The van der Waals surface area contributed by atoms with E-state index in [0.717, 1.165) is 0 Å². The van der Waals surface area contributed by atoms with Gasteiger partial charge in [-0.2, -0.15) is 0 Å². The molecule has 0 aromatic rings. The summed E-state index contributed by atoms with van der Waals surface area (Å²) in [6.07, 6.45) is 0. The Bertz CT molecular complexity index is 173. The number of hydrogen-bond donors (Lipinski definition) is 1. The highest BCUT2D eigenvalue weighted by Crippen LogP contribution is 2.48. The van der Waals surface area contributed by atoms with Crippen LogP contribution < -0.4 is 4.89 Å². The molecule has 0 saturated carbocycles. The third-order valence-corrected chi connectivity index (χ3v) is 4.18. The zero-order chi connectivity index (χ0) is 9.78. The number of aliphatic hydroxyl groups excluding tert-OH is 1. The van der Waals surface area contributed by atoms with Gasteiger partial charge in [-0.1, -0.05) is 13.8 Å². The average molecular weight is 216 g/mol. The number of rotatable bonds is 5. The fraction of sp³-hybridized carbons (Fsp3) is 1.00. The van der Waals surface area contributed by atoms with Crippen LogP contribution in [0.5, 0.6) is 0 Å². The molecule has 0 bridgehead atoms. The molecule has 4 nitrogen and oxygen atoms in total. The maximum absolute atomic E-state index is 11.1. The van der Waals surface area contributed by atoms with Crippen LogP contribution in [0.15, 0.2) is 0 Å². The van der Waals surface area contributed by atoms with E-state index in [0.29, 0.717) is 0 Å². The van der Waals surface area contributed by atoms with Crippen molar-refractivity contribution in [3.63, 3.8) is 0 Å². The van der Waals surface area contributed by atoms with Gasteiger partial charge < -0.3 is 19.1 Å². The summed E-state index contributed by atoms with van der Waals surface area (Å²) in [5.41, 5.74) is 0. The van der Waals surface area contributed by atoms with Crippen molar-refractivity contribution in [3.8, 4) is 0 Å². The van der Waals surface area contributed by atoms with E-state index < -0.39 is 12.7 Å². The maximum atomic E-state index is 11.1. The largest absolute Gasteiger partial charge is 0.777 e. The SMILES string of the molecule is CC(C)C(Cl)P(=O)([O-])OCCO. The van der Waals surface area contributed by atoms with E-state index in [2.05, 4.69) is 4.52 Å². The molecule has 0 heterocycles. The number of halogens is 1. The predicted octanol–water partition coefficient (Wildman–Crippen LogP) is 0.770. The Balaban J connectivity index is 4.10. The molecule has 1 N–H and O–H groups in total. The first kappa shape index (κ1) is 12.4. The molecule has 2 unspecified atom stereocenters. The van der Waals surface area contributed by atoms with Gasteiger partial charge in [0.25, 0.3) is 0 Å². The van der Waals surface area contributed by atoms with E-state index in [1.165, 1.54) is 0 Å². The van der Waals surface area contributed by atoms with Crippen LogP contribution in [0, 0.1) is 5.92 Å². The van der Waals surface area contributed by atoms with Gasteiger partial charge in [-0.05, 0) is 5.92 Å². The van der Waals surface area contributed by atoms with Crippen molar-refractivity contribution >= 4 is 19.2 Å². The topological polar surface area (TPSA) is 69.6 Å². The zero-order valence-electron chi connectivity index (χ0n) is 7.07. The number of alkyl halides is 1. The molecule has 0 aliphatic carbocycles. The van der Waals surface area contributed by atoms with Gasteiger partial charge in [-0.15, -0.1) is 11.6 Å². The monoisotopic (exact) mass is 215 g/mol. The molecule has 6 heteroatoms. The molecular formula is C6H13ClO4P-. The molecule has 0 radical (unpaired) electrons. The van der Waals surface area contributed by atoms with E-state index in [-0.39, 0.29) is 19.1 Å². The van der Waals surface area contributed by atoms with Gasteiger partial charge in [0.15, 0.2) is 7.60 Å². The van der Waals surface area contributed by atoms with E-state index in [1.807, 2.05) is 0 Å². The molecule has 0 rings (SSSR count). The fourth-order valence-electron chi connectivity index (χ4n) is 0.604.